The number of carbonyl (C=O) groups excluding carboxylic acids is 1. The topological polar surface area (TPSA) is 78.9 Å². The minimum Gasteiger partial charge on any atom is -0.497 e. The van der Waals surface area contributed by atoms with Crippen molar-refractivity contribution >= 4 is 5.78 Å². The van der Waals surface area contributed by atoms with Gasteiger partial charge in [0.2, 0.25) is 0 Å². The highest BCUT2D eigenvalue weighted by Crippen LogP contribution is 2.75. The van der Waals surface area contributed by atoms with Gasteiger partial charge in [-0.1, -0.05) is 30.4 Å². The lowest BCUT2D eigenvalue weighted by Crippen LogP contribution is -2.79. The lowest BCUT2D eigenvalue weighted by Gasteiger charge is -2.71. The number of hydrogen-bond acceptors (Lipinski definition) is 9. The van der Waals surface area contributed by atoms with Gasteiger partial charge in [-0.3, -0.25) is 14.6 Å². The second-order valence-corrected chi connectivity index (χ2v) is 19.2. The van der Waals surface area contributed by atoms with Crippen LogP contribution in [-0.2, 0) is 37.9 Å². The number of likely N-dealkylation sites (tertiary alicyclic amines) is 2. The maximum Gasteiger partial charge on any atom is 0.169 e. The number of allylic oxidation sites excluding steroid dienone is 2. The molecular formula is C48H56N2O7. The van der Waals surface area contributed by atoms with Crippen molar-refractivity contribution in [3.63, 3.8) is 0 Å². The lowest BCUT2D eigenvalue weighted by molar-refractivity contribution is -0.214. The first kappa shape index (κ1) is 35.2. The molecule has 2 aromatic rings. The van der Waals surface area contributed by atoms with Crippen molar-refractivity contribution in [3.05, 3.63) is 82.2 Å². The molecule has 4 heterocycles. The fourth-order valence-electron chi connectivity index (χ4n) is 14.2. The van der Waals surface area contributed by atoms with E-state index in [-0.39, 0.29) is 40.2 Å². The zero-order valence-electron chi connectivity index (χ0n) is 34.1. The smallest absolute Gasteiger partial charge is 0.169 e. The van der Waals surface area contributed by atoms with Crippen molar-refractivity contribution < 1.29 is 33.2 Å². The summed E-state index contributed by atoms with van der Waals surface area (Å²) in [6.45, 7) is 6.42. The van der Waals surface area contributed by atoms with Gasteiger partial charge in [-0.25, -0.2) is 0 Å². The number of ketones is 1. The first-order valence-corrected chi connectivity index (χ1v) is 21.7. The quantitative estimate of drug-likeness (QED) is 0.266. The standard InChI is InChI=1S/C26H31NO4.C22H25NO3/c1-15(28)18-13-24-8-9-26(18,30-3)23-25(24)10-11-27(14-16-4-5-16)20(24)12-17-6-7-19(29-2)22(31-23)21(17)25;1-24-17-7-5-14-11-16-15-6-8-18(25-2)21-22(15,19(14)20(17)26-21)9-10-23(16)12-13-3-4-13/h6-9,16,18,20,23H,4-5,10-14H2,1-3H3;5-8,13,16,21H,3-4,9-12H2,1-2H3/t18-,20-,23-,24?,25+,26-;16-,21+,22+/m11/s1. The highest BCUT2D eigenvalue weighted by molar-refractivity contribution is 5.82. The number of methoxy groups -OCH3 is 4. The van der Waals surface area contributed by atoms with Gasteiger partial charge in [-0.05, 0) is 118 Å². The van der Waals surface area contributed by atoms with E-state index in [2.05, 4.69) is 58.4 Å². The SMILES string of the molecule is COC1=CC=C2[C@H]3Cc4ccc(OC)c5c4[C@@]2(CCN3CC2CC2)[C@H]1O5.COc1ccc2c3c1O[C@H]1[C@@]4(OC)C=CC5(C[C@@H]4C(C)=O)[C@@H](C2)N(CC2CC2)CC[C@]315. The maximum absolute atomic E-state index is 13.0. The molecule has 300 valence electrons. The van der Waals surface area contributed by atoms with E-state index in [1.54, 1.807) is 35.4 Å². The average molecular weight is 773 g/mol. The normalized spacial score (nSPS) is 39.1. The van der Waals surface area contributed by atoms with Gasteiger partial charge in [0.05, 0.1) is 38.1 Å². The maximum atomic E-state index is 13.0. The Balaban J connectivity index is 0.000000127. The second kappa shape index (κ2) is 11.9. The van der Waals surface area contributed by atoms with Crippen LogP contribution in [0.2, 0.25) is 0 Å². The predicted molar refractivity (Wildman–Crippen MR) is 214 cm³/mol. The molecule has 57 heavy (non-hydrogen) atoms. The predicted octanol–water partition coefficient (Wildman–Crippen LogP) is 6.49. The summed E-state index contributed by atoms with van der Waals surface area (Å²) >= 11 is 0. The van der Waals surface area contributed by atoms with Crippen LogP contribution in [0.5, 0.6) is 23.0 Å². The zero-order chi connectivity index (χ0) is 38.6. The zero-order valence-corrected chi connectivity index (χ0v) is 34.1. The third-order valence-corrected chi connectivity index (χ3v) is 17.0. The van der Waals surface area contributed by atoms with Gasteiger partial charge in [-0.15, -0.1) is 0 Å². The van der Waals surface area contributed by atoms with Crippen LogP contribution in [0.1, 0.15) is 74.1 Å². The van der Waals surface area contributed by atoms with E-state index >= 15 is 0 Å². The van der Waals surface area contributed by atoms with E-state index in [0.717, 1.165) is 85.8 Å². The molecule has 2 saturated heterocycles. The summed E-state index contributed by atoms with van der Waals surface area (Å²) in [4.78, 5) is 18.5. The fraction of sp³-hybridized carbons (Fsp3) is 0.604. The van der Waals surface area contributed by atoms with Gasteiger partial charge in [0.1, 0.15) is 23.2 Å². The molecule has 9 nitrogen and oxygen atoms in total. The second-order valence-electron chi connectivity index (χ2n) is 19.2. The highest BCUT2D eigenvalue weighted by Gasteiger charge is 2.79. The molecule has 14 rings (SSSR count). The molecule has 5 fully saturated rings. The molecule has 3 saturated carbocycles. The largest absolute Gasteiger partial charge is 0.497 e. The summed E-state index contributed by atoms with van der Waals surface area (Å²) in [5, 5.41) is 0. The molecule has 1 unspecified atom stereocenters. The number of hydrogen-bond donors (Lipinski definition) is 0. The van der Waals surface area contributed by atoms with E-state index in [4.69, 9.17) is 28.4 Å². The van der Waals surface area contributed by atoms with Crippen LogP contribution >= 0.6 is 0 Å². The molecule has 9 heteroatoms. The Morgan fingerprint density at radius 1 is 0.789 bits per heavy atom. The fourth-order valence-corrected chi connectivity index (χ4v) is 14.2. The molecule has 0 aromatic heterocycles. The number of Topliss-reactive ketones (excluding diaryl/α,β-unsaturated/α-hetero) is 1. The van der Waals surface area contributed by atoms with Crippen LogP contribution in [0, 0.1) is 23.2 Å². The van der Waals surface area contributed by atoms with Crippen LogP contribution in [0.4, 0.5) is 0 Å². The van der Waals surface area contributed by atoms with Gasteiger partial charge >= 0.3 is 0 Å². The van der Waals surface area contributed by atoms with Crippen molar-refractivity contribution in [2.24, 2.45) is 23.2 Å². The summed E-state index contributed by atoms with van der Waals surface area (Å²) in [7, 11) is 6.96. The van der Waals surface area contributed by atoms with E-state index in [1.807, 2.05) is 0 Å². The highest BCUT2D eigenvalue weighted by atomic mass is 16.6. The molecule has 6 bridgehead atoms. The Morgan fingerprint density at radius 3 is 2.14 bits per heavy atom. The molecule has 0 N–H and O–H groups in total. The number of benzene rings is 2. The summed E-state index contributed by atoms with van der Waals surface area (Å²) in [5.41, 5.74) is 6.08. The molecule has 12 aliphatic rings. The Morgan fingerprint density at radius 2 is 1.47 bits per heavy atom. The van der Waals surface area contributed by atoms with Gasteiger partial charge in [0.25, 0.3) is 0 Å². The van der Waals surface area contributed by atoms with Crippen molar-refractivity contribution in [2.45, 2.75) is 105 Å². The van der Waals surface area contributed by atoms with Gasteiger partial charge < -0.3 is 28.4 Å². The van der Waals surface area contributed by atoms with E-state index in [1.165, 1.54) is 66.6 Å². The Labute approximate surface area is 336 Å². The van der Waals surface area contributed by atoms with Gasteiger partial charge in [0, 0.05) is 55.4 Å². The summed E-state index contributed by atoms with van der Waals surface area (Å²) in [6.07, 6.45) is 19.5. The average Bonchev–Trinajstić information content (AvgIpc) is 4.16. The van der Waals surface area contributed by atoms with E-state index in [0.29, 0.717) is 12.1 Å². The number of fused-ring (bicyclic) bond motifs is 1. The van der Waals surface area contributed by atoms with Crippen LogP contribution < -0.4 is 18.9 Å². The molecule has 0 amide bonds. The molecule has 4 aliphatic heterocycles. The van der Waals surface area contributed by atoms with Crippen molar-refractivity contribution in [2.75, 3.05) is 54.6 Å². The van der Waals surface area contributed by atoms with Gasteiger partial charge in [-0.2, -0.15) is 0 Å². The summed E-state index contributed by atoms with van der Waals surface area (Å²) < 4.78 is 36.8. The van der Waals surface area contributed by atoms with Gasteiger partial charge in [0.15, 0.2) is 29.1 Å². The van der Waals surface area contributed by atoms with E-state index in [9.17, 15) is 4.79 Å². The van der Waals surface area contributed by atoms with Crippen molar-refractivity contribution in [1.82, 2.24) is 9.80 Å². The third kappa shape index (κ3) is 4.29. The summed E-state index contributed by atoms with van der Waals surface area (Å²) in [6, 6.07) is 9.58. The molecule has 2 aromatic carbocycles. The Kier molecular flexibility index (Phi) is 7.35. The Bertz CT molecular complexity index is 2190. The minimum absolute atomic E-state index is 0.0524. The Hall–Kier alpha value is -3.79. The van der Waals surface area contributed by atoms with Crippen LogP contribution in [0.15, 0.2) is 59.9 Å². The third-order valence-electron chi connectivity index (χ3n) is 17.0. The number of ether oxygens (including phenoxy) is 6. The van der Waals surface area contributed by atoms with E-state index < -0.39 is 5.60 Å². The molecule has 9 atom stereocenters. The number of carbonyl (C=O) groups is 1. The van der Waals surface area contributed by atoms with Crippen LogP contribution in [0.25, 0.3) is 0 Å². The number of piperidine rings is 2. The van der Waals surface area contributed by atoms with Crippen molar-refractivity contribution in [1.29, 1.82) is 0 Å². The van der Waals surface area contributed by atoms with Crippen molar-refractivity contribution in [3.8, 4) is 23.0 Å². The summed E-state index contributed by atoms with van der Waals surface area (Å²) in [5.74, 6) is 6.25. The van der Waals surface area contributed by atoms with Crippen LogP contribution in [0.3, 0.4) is 0 Å². The molecular weight excluding hydrogens is 717 g/mol. The number of nitrogens with zero attached hydrogens (tertiary/aromatic N) is 2. The molecule has 0 radical (unpaired) electrons. The first-order valence-electron chi connectivity index (χ1n) is 21.7. The van der Waals surface area contributed by atoms with Crippen LogP contribution in [-0.4, -0.2) is 100 Å². The minimum atomic E-state index is -0.713. The number of rotatable bonds is 9. The molecule has 3 spiro atoms. The lowest BCUT2D eigenvalue weighted by atomic mass is 9.37. The first-order chi connectivity index (χ1) is 27.8. The molecule has 8 aliphatic carbocycles. The monoisotopic (exact) mass is 772 g/mol.